The summed E-state index contributed by atoms with van der Waals surface area (Å²) in [4.78, 5) is 4.48. The molecule has 0 radical (unpaired) electrons. The van der Waals surface area contributed by atoms with Crippen LogP contribution in [0, 0.1) is 25.2 Å². The molecule has 130 valence electrons. The molecule has 2 N–H and O–H groups in total. The van der Waals surface area contributed by atoms with Crippen molar-refractivity contribution in [2.45, 2.75) is 13.8 Å². The number of aromatic nitrogens is 1. The van der Waals surface area contributed by atoms with E-state index in [2.05, 4.69) is 45.2 Å². The number of aryl methyl sites for hydroxylation is 2. The largest absolute Gasteiger partial charge is 0.496 e. The summed E-state index contributed by atoms with van der Waals surface area (Å²) in [6, 6.07) is 15.9. The average Bonchev–Trinajstić information content (AvgIpc) is 2.63. The number of methoxy groups -OCH3 is 1. The molecular formula is C21H18BrN3O. The summed E-state index contributed by atoms with van der Waals surface area (Å²) in [5.41, 5.74) is 11.9. The molecule has 0 aliphatic heterocycles. The van der Waals surface area contributed by atoms with Gasteiger partial charge in [-0.15, -0.1) is 0 Å². The number of halogens is 1. The van der Waals surface area contributed by atoms with Gasteiger partial charge in [0.15, 0.2) is 0 Å². The van der Waals surface area contributed by atoms with Crippen molar-refractivity contribution in [3.63, 3.8) is 0 Å². The molecule has 0 bridgehead atoms. The van der Waals surface area contributed by atoms with Crippen molar-refractivity contribution >= 4 is 21.7 Å². The zero-order chi connectivity index (χ0) is 18.8. The van der Waals surface area contributed by atoms with Gasteiger partial charge in [0.1, 0.15) is 23.2 Å². The number of hydrogen-bond acceptors (Lipinski definition) is 4. The van der Waals surface area contributed by atoms with Crippen molar-refractivity contribution in [3.05, 3.63) is 63.6 Å². The Morgan fingerprint density at radius 1 is 1.04 bits per heavy atom. The van der Waals surface area contributed by atoms with E-state index in [4.69, 9.17) is 10.5 Å². The summed E-state index contributed by atoms with van der Waals surface area (Å²) in [6.45, 7) is 4.07. The van der Waals surface area contributed by atoms with E-state index < -0.39 is 0 Å². The van der Waals surface area contributed by atoms with E-state index in [0.717, 1.165) is 32.4 Å². The van der Waals surface area contributed by atoms with E-state index >= 15 is 0 Å². The van der Waals surface area contributed by atoms with Gasteiger partial charge in [0.05, 0.1) is 12.8 Å². The summed E-state index contributed by atoms with van der Waals surface area (Å²) in [7, 11) is 1.61. The van der Waals surface area contributed by atoms with Crippen LogP contribution in [0.2, 0.25) is 0 Å². The van der Waals surface area contributed by atoms with Crippen LogP contribution in [0.5, 0.6) is 5.75 Å². The van der Waals surface area contributed by atoms with E-state index in [9.17, 15) is 5.26 Å². The van der Waals surface area contributed by atoms with Gasteiger partial charge in [-0.05, 0) is 49.7 Å². The molecule has 0 aliphatic rings. The summed E-state index contributed by atoms with van der Waals surface area (Å²) >= 11 is 3.49. The van der Waals surface area contributed by atoms with Gasteiger partial charge in [-0.1, -0.05) is 33.6 Å². The minimum Gasteiger partial charge on any atom is -0.496 e. The van der Waals surface area contributed by atoms with Crippen LogP contribution in [-0.4, -0.2) is 12.1 Å². The Balaban J connectivity index is 2.33. The molecule has 0 unspecified atom stereocenters. The molecular weight excluding hydrogens is 390 g/mol. The predicted molar refractivity (Wildman–Crippen MR) is 108 cm³/mol. The molecule has 3 aromatic rings. The fraction of sp³-hybridized carbons (Fsp3) is 0.143. The molecule has 4 nitrogen and oxygen atoms in total. The zero-order valence-electron chi connectivity index (χ0n) is 14.8. The van der Waals surface area contributed by atoms with Crippen LogP contribution in [0.1, 0.15) is 16.7 Å². The summed E-state index contributed by atoms with van der Waals surface area (Å²) in [5.74, 6) is 0.880. The topological polar surface area (TPSA) is 71.9 Å². The molecule has 5 heteroatoms. The zero-order valence-corrected chi connectivity index (χ0v) is 16.4. The first-order valence-corrected chi connectivity index (χ1v) is 8.86. The number of benzene rings is 2. The van der Waals surface area contributed by atoms with Crippen LogP contribution in [0.3, 0.4) is 0 Å². The van der Waals surface area contributed by atoms with Crippen molar-refractivity contribution < 1.29 is 4.74 Å². The molecule has 0 spiro atoms. The lowest BCUT2D eigenvalue weighted by molar-refractivity contribution is 0.416. The van der Waals surface area contributed by atoms with Gasteiger partial charge in [-0.25, -0.2) is 4.98 Å². The van der Waals surface area contributed by atoms with Crippen molar-refractivity contribution in [3.8, 4) is 34.2 Å². The number of pyridine rings is 1. The maximum absolute atomic E-state index is 9.63. The SMILES string of the molecule is COc1ccc(Br)cc1-c1cc(-c2cc(C)ccc2C)nc(N)c1C#N. The molecule has 3 rings (SSSR count). The van der Waals surface area contributed by atoms with Gasteiger partial charge in [0, 0.05) is 21.2 Å². The Morgan fingerprint density at radius 2 is 1.81 bits per heavy atom. The molecule has 1 aromatic heterocycles. The normalized spacial score (nSPS) is 10.4. The number of nitrogens with two attached hydrogens (primary N) is 1. The predicted octanol–water partition coefficient (Wildman–Crippen LogP) is 5.26. The van der Waals surface area contributed by atoms with Gasteiger partial charge in [-0.2, -0.15) is 5.26 Å². The molecule has 2 aromatic carbocycles. The third kappa shape index (κ3) is 3.29. The van der Waals surface area contributed by atoms with Crippen LogP contribution >= 0.6 is 15.9 Å². The number of nitrogen functional groups attached to an aromatic ring is 1. The first-order valence-electron chi connectivity index (χ1n) is 8.06. The second-order valence-electron chi connectivity index (χ2n) is 6.09. The number of nitrogens with zero attached hydrogens (tertiary/aromatic N) is 2. The van der Waals surface area contributed by atoms with Crippen molar-refractivity contribution in [2.75, 3.05) is 12.8 Å². The minimum absolute atomic E-state index is 0.211. The third-order valence-electron chi connectivity index (χ3n) is 4.28. The van der Waals surface area contributed by atoms with Crippen LogP contribution in [0.25, 0.3) is 22.4 Å². The Labute approximate surface area is 161 Å². The van der Waals surface area contributed by atoms with E-state index in [1.807, 2.05) is 38.1 Å². The second-order valence-corrected chi connectivity index (χ2v) is 7.01. The third-order valence-corrected chi connectivity index (χ3v) is 4.77. The number of anilines is 1. The lowest BCUT2D eigenvalue weighted by Crippen LogP contribution is -2.01. The van der Waals surface area contributed by atoms with E-state index in [1.165, 1.54) is 0 Å². The maximum Gasteiger partial charge on any atom is 0.142 e. The van der Waals surface area contributed by atoms with Crippen LogP contribution < -0.4 is 10.5 Å². The summed E-state index contributed by atoms with van der Waals surface area (Å²) < 4.78 is 6.38. The fourth-order valence-electron chi connectivity index (χ4n) is 2.94. The van der Waals surface area contributed by atoms with Gasteiger partial charge in [0.25, 0.3) is 0 Å². The fourth-order valence-corrected chi connectivity index (χ4v) is 3.30. The highest BCUT2D eigenvalue weighted by atomic mass is 79.9. The highest BCUT2D eigenvalue weighted by molar-refractivity contribution is 9.10. The number of rotatable bonds is 3. The van der Waals surface area contributed by atoms with E-state index in [-0.39, 0.29) is 5.82 Å². The molecule has 0 aliphatic carbocycles. The van der Waals surface area contributed by atoms with Crippen molar-refractivity contribution in [1.82, 2.24) is 4.98 Å². The smallest absolute Gasteiger partial charge is 0.142 e. The highest BCUT2D eigenvalue weighted by Gasteiger charge is 2.17. The summed E-state index contributed by atoms with van der Waals surface area (Å²) in [5, 5.41) is 9.63. The van der Waals surface area contributed by atoms with Gasteiger partial charge in [0.2, 0.25) is 0 Å². The van der Waals surface area contributed by atoms with Crippen LogP contribution in [-0.2, 0) is 0 Å². The van der Waals surface area contributed by atoms with Gasteiger partial charge in [-0.3, -0.25) is 0 Å². The second kappa shape index (κ2) is 7.19. The van der Waals surface area contributed by atoms with Gasteiger partial charge < -0.3 is 10.5 Å². The average molecular weight is 408 g/mol. The van der Waals surface area contributed by atoms with Crippen molar-refractivity contribution in [1.29, 1.82) is 5.26 Å². The lowest BCUT2D eigenvalue weighted by atomic mass is 9.95. The van der Waals surface area contributed by atoms with Gasteiger partial charge >= 0.3 is 0 Å². The minimum atomic E-state index is 0.211. The number of ether oxygens (including phenoxy) is 1. The van der Waals surface area contributed by atoms with E-state index in [1.54, 1.807) is 7.11 Å². The Kier molecular flexibility index (Phi) is 4.97. The molecule has 0 atom stereocenters. The molecule has 0 fully saturated rings. The van der Waals surface area contributed by atoms with Crippen molar-refractivity contribution in [2.24, 2.45) is 0 Å². The molecule has 0 saturated carbocycles. The standard InChI is InChI=1S/C21H18BrN3O/c1-12-4-5-13(2)15(8-12)19-10-16(18(11-23)21(24)25-19)17-9-14(22)6-7-20(17)26-3/h4-10H,1-3H3,(H2,24,25). The van der Waals surface area contributed by atoms with Crippen LogP contribution in [0.4, 0.5) is 5.82 Å². The molecule has 26 heavy (non-hydrogen) atoms. The number of hydrogen-bond donors (Lipinski definition) is 1. The first-order chi connectivity index (χ1) is 12.4. The Hall–Kier alpha value is -2.84. The Bertz CT molecular complexity index is 1040. The lowest BCUT2D eigenvalue weighted by Gasteiger charge is -2.15. The maximum atomic E-state index is 9.63. The highest BCUT2D eigenvalue weighted by Crippen LogP contribution is 2.38. The first kappa shape index (κ1) is 18.0. The quantitative estimate of drug-likeness (QED) is 0.642. The molecule has 0 saturated heterocycles. The van der Waals surface area contributed by atoms with Crippen LogP contribution in [0.15, 0.2) is 46.9 Å². The number of nitriles is 1. The van der Waals surface area contributed by atoms with E-state index in [0.29, 0.717) is 16.9 Å². The molecule has 0 amide bonds. The Morgan fingerprint density at radius 3 is 2.50 bits per heavy atom. The molecule has 1 heterocycles. The summed E-state index contributed by atoms with van der Waals surface area (Å²) in [6.07, 6.45) is 0. The monoisotopic (exact) mass is 407 g/mol.